The molecule has 184 valence electrons. The van der Waals surface area contributed by atoms with Gasteiger partial charge >= 0.3 is 0 Å². The molecule has 2 fully saturated rings. The van der Waals surface area contributed by atoms with Crippen molar-refractivity contribution in [3.05, 3.63) is 58.1 Å². The number of likely N-dealkylation sites (tertiary alicyclic amines) is 1. The van der Waals surface area contributed by atoms with Crippen molar-refractivity contribution < 1.29 is 17.9 Å². The van der Waals surface area contributed by atoms with Gasteiger partial charge in [0.05, 0.1) is 14.9 Å². The number of amides is 1. The van der Waals surface area contributed by atoms with Crippen molar-refractivity contribution in [2.45, 2.75) is 62.5 Å². The first kappa shape index (κ1) is 25.3. The number of piperidine rings is 1. The van der Waals surface area contributed by atoms with Gasteiger partial charge in [0.25, 0.3) is 10.0 Å². The van der Waals surface area contributed by atoms with Crippen molar-refractivity contribution in [3.8, 4) is 5.75 Å². The second kappa shape index (κ2) is 10.9. The predicted molar refractivity (Wildman–Crippen MR) is 134 cm³/mol. The van der Waals surface area contributed by atoms with Gasteiger partial charge in [-0.3, -0.25) is 4.79 Å². The van der Waals surface area contributed by atoms with E-state index in [4.69, 9.17) is 27.9 Å². The molecule has 1 saturated carbocycles. The number of sulfonamides is 1. The van der Waals surface area contributed by atoms with Gasteiger partial charge in [0.15, 0.2) is 0 Å². The average Bonchev–Trinajstić information content (AvgIpc) is 2.82. The summed E-state index contributed by atoms with van der Waals surface area (Å²) in [5.74, 6) is 0.0704. The largest absolute Gasteiger partial charge is 0.490 e. The van der Waals surface area contributed by atoms with Crippen molar-refractivity contribution in [1.82, 2.24) is 9.62 Å². The van der Waals surface area contributed by atoms with E-state index in [9.17, 15) is 13.2 Å². The quantitative estimate of drug-likeness (QED) is 0.561. The molecular weight excluding hydrogens is 495 g/mol. The Hall–Kier alpha value is -1.80. The Labute approximate surface area is 211 Å². The lowest BCUT2D eigenvalue weighted by atomic mass is 9.84. The normalized spacial score (nSPS) is 22.3. The number of ether oxygens (including phenoxy) is 1. The third-order valence-electron chi connectivity index (χ3n) is 6.87. The van der Waals surface area contributed by atoms with Gasteiger partial charge in [0.1, 0.15) is 11.9 Å². The van der Waals surface area contributed by atoms with Crippen LogP contribution in [0.25, 0.3) is 0 Å². The molecule has 0 bridgehead atoms. The zero-order valence-corrected chi connectivity index (χ0v) is 21.5. The van der Waals surface area contributed by atoms with E-state index in [0.717, 1.165) is 44.5 Å². The molecule has 2 aliphatic rings. The van der Waals surface area contributed by atoms with Gasteiger partial charge in [0.2, 0.25) is 5.91 Å². The Morgan fingerprint density at radius 3 is 2.29 bits per heavy atom. The summed E-state index contributed by atoms with van der Waals surface area (Å²) in [6.07, 6.45) is 5.16. The molecule has 0 aromatic heterocycles. The summed E-state index contributed by atoms with van der Waals surface area (Å²) in [6.45, 7) is 3.60. The van der Waals surface area contributed by atoms with Crippen LogP contribution < -0.4 is 9.46 Å². The molecule has 9 heteroatoms. The molecule has 1 heterocycles. The summed E-state index contributed by atoms with van der Waals surface area (Å²) in [7, 11) is -3.85. The number of nitrogens with zero attached hydrogens (tertiary/aromatic N) is 1. The van der Waals surface area contributed by atoms with E-state index in [-0.39, 0.29) is 16.9 Å². The number of hydrogen-bond donors (Lipinski definition) is 1. The maximum atomic E-state index is 12.7. The van der Waals surface area contributed by atoms with Crippen LogP contribution in [0.15, 0.2) is 47.4 Å². The van der Waals surface area contributed by atoms with E-state index in [2.05, 4.69) is 9.62 Å². The molecule has 2 aromatic rings. The minimum Gasteiger partial charge on any atom is -0.490 e. The van der Waals surface area contributed by atoms with Crippen LogP contribution >= 0.6 is 23.2 Å². The van der Waals surface area contributed by atoms with E-state index in [1.54, 1.807) is 37.3 Å². The Bertz CT molecular complexity index is 1130. The second-order valence-electron chi connectivity index (χ2n) is 9.17. The van der Waals surface area contributed by atoms with E-state index < -0.39 is 15.9 Å². The fraction of sp³-hybridized carbons (Fsp3) is 0.480. The summed E-state index contributed by atoms with van der Waals surface area (Å²) in [5, 5.41) is 1.00. The molecule has 0 atom stereocenters. The molecule has 1 N–H and O–H groups in total. The first-order valence-electron chi connectivity index (χ1n) is 11.7. The summed E-state index contributed by atoms with van der Waals surface area (Å²) in [5.41, 5.74) is 0.623. The standard InChI is InChI=1S/C25H30Cl2N2O4S/c1-17-4-2-3-5-24(17)34(31,32)28-25(30)18-6-8-19(9-7-18)29-14-12-20(13-15-29)33-21-10-11-22(26)23(27)16-21/h2-5,10-11,16,18-20H,6-9,12-15H2,1H3,(H,28,30). The molecule has 1 amide bonds. The topological polar surface area (TPSA) is 75.7 Å². The minimum absolute atomic E-state index is 0.141. The van der Waals surface area contributed by atoms with Crippen molar-refractivity contribution in [2.24, 2.45) is 5.92 Å². The van der Waals surface area contributed by atoms with Gasteiger partial charge in [-0.05, 0) is 69.2 Å². The molecule has 1 saturated heterocycles. The van der Waals surface area contributed by atoms with Gasteiger partial charge in [-0.2, -0.15) is 0 Å². The van der Waals surface area contributed by atoms with Crippen LogP contribution in [0.4, 0.5) is 0 Å². The number of hydrogen-bond acceptors (Lipinski definition) is 5. The highest BCUT2D eigenvalue weighted by Crippen LogP contribution is 2.32. The SMILES string of the molecule is Cc1ccccc1S(=O)(=O)NC(=O)C1CCC(N2CCC(Oc3ccc(Cl)c(Cl)c3)CC2)CC1. The van der Waals surface area contributed by atoms with Crippen molar-refractivity contribution in [2.75, 3.05) is 13.1 Å². The second-order valence-corrected chi connectivity index (χ2v) is 11.6. The Morgan fingerprint density at radius 1 is 0.971 bits per heavy atom. The van der Waals surface area contributed by atoms with E-state index in [1.807, 2.05) is 6.07 Å². The lowest BCUT2D eigenvalue weighted by molar-refractivity contribution is -0.124. The maximum Gasteiger partial charge on any atom is 0.264 e. The fourth-order valence-electron chi connectivity index (χ4n) is 4.93. The van der Waals surface area contributed by atoms with Crippen molar-refractivity contribution >= 4 is 39.1 Å². The minimum atomic E-state index is -3.85. The molecule has 6 nitrogen and oxygen atoms in total. The molecular formula is C25H30Cl2N2O4S. The van der Waals surface area contributed by atoms with Gasteiger partial charge in [-0.15, -0.1) is 0 Å². The number of carbonyl (C=O) groups excluding carboxylic acids is 1. The number of rotatable bonds is 6. The highest BCUT2D eigenvalue weighted by Gasteiger charge is 2.33. The van der Waals surface area contributed by atoms with Crippen molar-refractivity contribution in [1.29, 1.82) is 0 Å². The first-order valence-corrected chi connectivity index (χ1v) is 13.9. The molecule has 2 aromatic carbocycles. The van der Waals surface area contributed by atoms with Crippen LogP contribution in [0.5, 0.6) is 5.75 Å². The van der Waals surface area contributed by atoms with Crippen LogP contribution in [-0.2, 0) is 14.8 Å². The van der Waals surface area contributed by atoms with E-state index in [0.29, 0.717) is 34.5 Å². The third-order valence-corrected chi connectivity index (χ3v) is 9.12. The van der Waals surface area contributed by atoms with Gasteiger partial charge in [0, 0.05) is 31.1 Å². The smallest absolute Gasteiger partial charge is 0.264 e. The van der Waals surface area contributed by atoms with Crippen molar-refractivity contribution in [3.63, 3.8) is 0 Å². The zero-order valence-electron chi connectivity index (χ0n) is 19.2. The Kier molecular flexibility index (Phi) is 8.08. The Morgan fingerprint density at radius 2 is 1.65 bits per heavy atom. The maximum absolute atomic E-state index is 12.7. The number of halogens is 2. The highest BCUT2D eigenvalue weighted by molar-refractivity contribution is 7.90. The molecule has 0 spiro atoms. The van der Waals surface area contributed by atoms with E-state index >= 15 is 0 Å². The number of nitrogens with one attached hydrogen (secondary N) is 1. The number of carbonyl (C=O) groups is 1. The lowest BCUT2D eigenvalue weighted by Gasteiger charge is -2.40. The van der Waals surface area contributed by atoms with E-state index in [1.165, 1.54) is 6.07 Å². The molecule has 1 aliphatic heterocycles. The van der Waals surface area contributed by atoms with Gasteiger partial charge in [-0.25, -0.2) is 13.1 Å². The molecule has 1 aliphatic carbocycles. The molecule has 0 radical (unpaired) electrons. The van der Waals surface area contributed by atoms with Crippen LogP contribution in [-0.4, -0.2) is 44.5 Å². The van der Waals surface area contributed by atoms with Crippen LogP contribution in [0.1, 0.15) is 44.1 Å². The molecule has 4 rings (SSSR count). The summed E-state index contributed by atoms with van der Waals surface area (Å²) >= 11 is 12.1. The summed E-state index contributed by atoms with van der Waals surface area (Å²) in [4.78, 5) is 15.3. The van der Waals surface area contributed by atoms with Gasteiger partial charge in [-0.1, -0.05) is 41.4 Å². The average molecular weight is 525 g/mol. The fourth-order valence-corrected chi connectivity index (χ4v) is 6.51. The zero-order chi connectivity index (χ0) is 24.3. The third kappa shape index (κ3) is 6.06. The first-order chi connectivity index (χ1) is 16.2. The van der Waals surface area contributed by atoms with Gasteiger partial charge < -0.3 is 9.64 Å². The summed E-state index contributed by atoms with van der Waals surface area (Å²) < 4.78 is 33.7. The molecule has 0 unspecified atom stereocenters. The summed E-state index contributed by atoms with van der Waals surface area (Å²) in [6, 6.07) is 12.4. The van der Waals surface area contributed by atoms with Crippen LogP contribution in [0.2, 0.25) is 10.0 Å². The Balaban J connectivity index is 1.24. The number of benzene rings is 2. The lowest BCUT2D eigenvalue weighted by Crippen LogP contribution is -2.46. The van der Waals surface area contributed by atoms with Crippen LogP contribution in [0, 0.1) is 12.8 Å². The molecule has 34 heavy (non-hydrogen) atoms. The predicted octanol–water partition coefficient (Wildman–Crippen LogP) is 5.21. The van der Waals surface area contributed by atoms with Crippen LogP contribution in [0.3, 0.4) is 0 Å². The number of aryl methyl sites for hydroxylation is 1. The monoisotopic (exact) mass is 524 g/mol. The highest BCUT2D eigenvalue weighted by atomic mass is 35.5.